The maximum absolute atomic E-state index is 12.0. The second-order valence-corrected chi connectivity index (χ2v) is 6.17. The second kappa shape index (κ2) is 5.56. The van der Waals surface area contributed by atoms with Crippen LogP contribution in [0.4, 0.5) is 0 Å². The lowest BCUT2D eigenvalue weighted by atomic mass is 9.83. The molecule has 0 radical (unpaired) electrons. The Labute approximate surface area is 119 Å². The summed E-state index contributed by atoms with van der Waals surface area (Å²) in [6.45, 7) is 4.28. The first-order chi connectivity index (χ1) is 9.68. The van der Waals surface area contributed by atoms with Gasteiger partial charge in [0.2, 0.25) is 5.91 Å². The van der Waals surface area contributed by atoms with E-state index in [1.165, 1.54) is 12.8 Å². The largest absolute Gasteiger partial charge is 0.378 e. The summed E-state index contributed by atoms with van der Waals surface area (Å²) in [4.78, 5) is 12.0. The Morgan fingerprint density at radius 3 is 3.30 bits per heavy atom. The Balaban J connectivity index is 1.45. The SMILES string of the molecule is Cc1cnn(CCC(=O)NC[C@@]23CCC[C@@H]2OCC3)c1. The minimum Gasteiger partial charge on any atom is -0.378 e. The van der Waals surface area contributed by atoms with Crippen molar-refractivity contribution in [1.82, 2.24) is 15.1 Å². The third-order valence-corrected chi connectivity index (χ3v) is 4.71. The van der Waals surface area contributed by atoms with Gasteiger partial charge >= 0.3 is 0 Å². The van der Waals surface area contributed by atoms with Crippen molar-refractivity contribution in [2.24, 2.45) is 5.41 Å². The molecule has 2 aliphatic rings. The Hall–Kier alpha value is -1.36. The van der Waals surface area contributed by atoms with Crippen molar-refractivity contribution in [2.75, 3.05) is 13.2 Å². The molecule has 0 bridgehead atoms. The molecule has 0 aromatic carbocycles. The van der Waals surface area contributed by atoms with Gasteiger partial charge in [-0.15, -0.1) is 0 Å². The van der Waals surface area contributed by atoms with Crippen molar-refractivity contribution in [2.45, 2.75) is 51.7 Å². The first-order valence-corrected chi connectivity index (χ1v) is 7.55. The molecule has 1 aromatic rings. The highest BCUT2D eigenvalue weighted by molar-refractivity contribution is 5.75. The minimum atomic E-state index is 0.116. The summed E-state index contributed by atoms with van der Waals surface area (Å²) in [5.74, 6) is 0.116. The highest BCUT2D eigenvalue weighted by Gasteiger charge is 2.47. The summed E-state index contributed by atoms with van der Waals surface area (Å²) in [5, 5.41) is 7.30. The number of hydrogen-bond donors (Lipinski definition) is 1. The van der Waals surface area contributed by atoms with Crippen molar-refractivity contribution >= 4 is 5.91 Å². The smallest absolute Gasteiger partial charge is 0.221 e. The van der Waals surface area contributed by atoms with Crippen molar-refractivity contribution in [3.63, 3.8) is 0 Å². The zero-order chi connectivity index (χ0) is 14.0. The van der Waals surface area contributed by atoms with E-state index >= 15 is 0 Å². The van der Waals surface area contributed by atoms with Crippen molar-refractivity contribution in [3.05, 3.63) is 18.0 Å². The predicted molar refractivity (Wildman–Crippen MR) is 75.2 cm³/mol. The van der Waals surface area contributed by atoms with E-state index in [0.29, 0.717) is 19.1 Å². The van der Waals surface area contributed by atoms with Crippen LogP contribution in [0, 0.1) is 12.3 Å². The topological polar surface area (TPSA) is 56.2 Å². The first-order valence-electron chi connectivity index (χ1n) is 7.55. The van der Waals surface area contributed by atoms with E-state index in [1.54, 1.807) is 0 Å². The lowest BCUT2D eigenvalue weighted by Gasteiger charge is -2.27. The number of amides is 1. The van der Waals surface area contributed by atoms with Gasteiger partial charge in [-0.2, -0.15) is 5.10 Å². The van der Waals surface area contributed by atoms with E-state index in [-0.39, 0.29) is 11.3 Å². The number of carbonyl (C=O) groups excluding carboxylic acids is 1. The molecule has 1 N–H and O–H groups in total. The molecule has 20 heavy (non-hydrogen) atoms. The number of hydrogen-bond acceptors (Lipinski definition) is 3. The van der Waals surface area contributed by atoms with Gasteiger partial charge in [0.05, 0.1) is 12.3 Å². The molecule has 1 aliphatic heterocycles. The molecule has 0 spiro atoms. The number of aromatic nitrogens is 2. The predicted octanol–water partition coefficient (Wildman–Crippen LogP) is 1.66. The van der Waals surface area contributed by atoms with E-state index in [1.807, 2.05) is 24.0 Å². The quantitative estimate of drug-likeness (QED) is 0.890. The summed E-state index contributed by atoms with van der Waals surface area (Å²) < 4.78 is 7.60. The molecule has 2 fully saturated rings. The highest BCUT2D eigenvalue weighted by atomic mass is 16.5. The molecule has 0 unspecified atom stereocenters. The first kappa shape index (κ1) is 13.6. The third kappa shape index (κ3) is 2.73. The van der Waals surface area contributed by atoms with Crippen LogP contribution in [-0.2, 0) is 16.1 Å². The van der Waals surface area contributed by atoms with Crippen LogP contribution in [0.2, 0.25) is 0 Å². The Kier molecular flexibility index (Phi) is 3.78. The lowest BCUT2D eigenvalue weighted by molar-refractivity contribution is -0.122. The summed E-state index contributed by atoms with van der Waals surface area (Å²) in [6.07, 6.45) is 9.31. The maximum Gasteiger partial charge on any atom is 0.221 e. The third-order valence-electron chi connectivity index (χ3n) is 4.71. The Morgan fingerprint density at radius 1 is 1.60 bits per heavy atom. The Morgan fingerprint density at radius 2 is 2.50 bits per heavy atom. The van der Waals surface area contributed by atoms with Gasteiger partial charge in [-0.05, 0) is 31.7 Å². The maximum atomic E-state index is 12.0. The fourth-order valence-electron chi connectivity index (χ4n) is 3.52. The standard InChI is InChI=1S/C15H23N3O2/c1-12-9-17-18(10-12)7-4-14(19)16-11-15-5-2-3-13(15)20-8-6-15/h9-10,13H,2-8,11H2,1H3,(H,16,19)/t13-,15-/m0/s1. The molecule has 2 atom stereocenters. The molecule has 1 saturated carbocycles. The number of aryl methyl sites for hydroxylation is 2. The van der Waals surface area contributed by atoms with Crippen LogP contribution in [0.25, 0.3) is 0 Å². The number of ether oxygens (including phenoxy) is 1. The fraction of sp³-hybridized carbons (Fsp3) is 0.733. The minimum absolute atomic E-state index is 0.116. The van der Waals surface area contributed by atoms with E-state index in [0.717, 1.165) is 31.6 Å². The number of fused-ring (bicyclic) bond motifs is 1. The molecular weight excluding hydrogens is 254 g/mol. The van der Waals surface area contributed by atoms with Crippen LogP contribution in [0.1, 0.15) is 37.7 Å². The van der Waals surface area contributed by atoms with Crippen LogP contribution < -0.4 is 5.32 Å². The molecule has 1 saturated heterocycles. The van der Waals surface area contributed by atoms with Crippen LogP contribution >= 0.6 is 0 Å². The van der Waals surface area contributed by atoms with E-state index < -0.39 is 0 Å². The summed E-state index contributed by atoms with van der Waals surface area (Å²) >= 11 is 0. The zero-order valence-corrected chi connectivity index (χ0v) is 12.1. The molecule has 1 aromatic heterocycles. The van der Waals surface area contributed by atoms with Gasteiger partial charge in [-0.3, -0.25) is 9.48 Å². The van der Waals surface area contributed by atoms with Gasteiger partial charge in [0.1, 0.15) is 0 Å². The Bertz CT molecular complexity index is 473. The number of nitrogens with one attached hydrogen (secondary N) is 1. The van der Waals surface area contributed by atoms with Crippen LogP contribution in [0.3, 0.4) is 0 Å². The van der Waals surface area contributed by atoms with Crippen molar-refractivity contribution in [1.29, 1.82) is 0 Å². The summed E-state index contributed by atoms with van der Waals surface area (Å²) in [6, 6.07) is 0. The molecule has 5 heteroatoms. The average Bonchev–Trinajstić information content (AvgIpc) is 3.09. The van der Waals surface area contributed by atoms with E-state index in [4.69, 9.17) is 4.74 Å². The number of nitrogens with zero attached hydrogens (tertiary/aromatic N) is 2. The van der Waals surface area contributed by atoms with Gasteiger partial charge in [0, 0.05) is 37.7 Å². The van der Waals surface area contributed by atoms with Gasteiger partial charge in [-0.25, -0.2) is 0 Å². The summed E-state index contributed by atoms with van der Waals surface area (Å²) in [5.41, 5.74) is 1.35. The van der Waals surface area contributed by atoms with Gasteiger partial charge in [0.25, 0.3) is 0 Å². The van der Waals surface area contributed by atoms with Gasteiger partial charge < -0.3 is 10.1 Å². The van der Waals surface area contributed by atoms with E-state index in [9.17, 15) is 4.79 Å². The van der Waals surface area contributed by atoms with Crippen LogP contribution in [0.15, 0.2) is 12.4 Å². The molecule has 2 heterocycles. The van der Waals surface area contributed by atoms with Crippen molar-refractivity contribution in [3.8, 4) is 0 Å². The van der Waals surface area contributed by atoms with E-state index in [2.05, 4.69) is 10.4 Å². The average molecular weight is 277 g/mol. The fourth-order valence-corrected chi connectivity index (χ4v) is 3.52. The van der Waals surface area contributed by atoms with Crippen molar-refractivity contribution < 1.29 is 9.53 Å². The van der Waals surface area contributed by atoms with Gasteiger partial charge in [-0.1, -0.05) is 6.42 Å². The molecule has 1 aliphatic carbocycles. The monoisotopic (exact) mass is 277 g/mol. The molecule has 110 valence electrons. The lowest BCUT2D eigenvalue weighted by Crippen LogP contribution is -2.40. The van der Waals surface area contributed by atoms with Gasteiger partial charge in [0.15, 0.2) is 0 Å². The number of rotatable bonds is 5. The number of carbonyl (C=O) groups is 1. The highest BCUT2D eigenvalue weighted by Crippen LogP contribution is 2.46. The van der Waals surface area contributed by atoms with Crippen LogP contribution in [-0.4, -0.2) is 34.9 Å². The molecule has 3 rings (SSSR count). The summed E-state index contributed by atoms with van der Waals surface area (Å²) in [7, 11) is 0. The second-order valence-electron chi connectivity index (χ2n) is 6.17. The normalized spacial score (nSPS) is 28.6. The van der Waals surface area contributed by atoms with Crippen LogP contribution in [0.5, 0.6) is 0 Å². The zero-order valence-electron chi connectivity index (χ0n) is 12.1. The molecular formula is C15H23N3O2. The molecule has 5 nitrogen and oxygen atoms in total. The molecule has 1 amide bonds.